The molecule has 1 aliphatic heterocycles. The van der Waals surface area contributed by atoms with E-state index in [1.165, 1.54) is 18.5 Å². The highest BCUT2D eigenvalue weighted by atomic mass is 19.4. The Morgan fingerprint density at radius 2 is 1.75 bits per heavy atom. The van der Waals surface area contributed by atoms with Crippen molar-refractivity contribution in [1.29, 1.82) is 0 Å². The molecule has 2 aromatic rings. The van der Waals surface area contributed by atoms with Gasteiger partial charge in [0.2, 0.25) is 5.78 Å². The number of ketones is 1. The lowest BCUT2D eigenvalue weighted by Crippen LogP contribution is -2.45. The van der Waals surface area contributed by atoms with Crippen molar-refractivity contribution >= 4 is 17.9 Å². The predicted octanol–water partition coefficient (Wildman–Crippen LogP) is 1.96. The average molecular weight is 391 g/mol. The second-order valence-corrected chi connectivity index (χ2v) is 5.99. The molecule has 0 bridgehead atoms. The summed E-state index contributed by atoms with van der Waals surface area (Å²) in [5.74, 6) is -0.181. The number of aldehydes is 1. The van der Waals surface area contributed by atoms with Crippen molar-refractivity contribution in [2.75, 3.05) is 31.1 Å². The highest BCUT2D eigenvalue weighted by Gasteiger charge is 2.32. The van der Waals surface area contributed by atoms with Gasteiger partial charge in [-0.1, -0.05) is 0 Å². The van der Waals surface area contributed by atoms with Crippen LogP contribution in [0.25, 0.3) is 0 Å². The van der Waals surface area contributed by atoms with Crippen LogP contribution in [0.15, 0.2) is 43.0 Å². The second kappa shape index (κ2) is 8.15. The predicted molar refractivity (Wildman–Crippen MR) is 93.7 cm³/mol. The third kappa shape index (κ3) is 4.33. The summed E-state index contributed by atoms with van der Waals surface area (Å²) in [6.07, 6.45) is 2.94. The maximum atomic E-state index is 12.8. The van der Waals surface area contributed by atoms with Gasteiger partial charge in [-0.25, -0.2) is 9.97 Å². The molecule has 0 amide bonds. The van der Waals surface area contributed by atoms with Gasteiger partial charge in [0.1, 0.15) is 12.0 Å². The van der Waals surface area contributed by atoms with Crippen molar-refractivity contribution in [3.8, 4) is 0 Å². The zero-order valence-electron chi connectivity index (χ0n) is 14.6. The van der Waals surface area contributed by atoms with Crippen LogP contribution in [-0.4, -0.2) is 58.1 Å². The molecule has 0 aromatic carbocycles. The quantitative estimate of drug-likeness (QED) is 0.438. The summed E-state index contributed by atoms with van der Waals surface area (Å²) in [5, 5.41) is 0. The minimum Gasteiger partial charge on any atom is -0.374 e. The van der Waals surface area contributed by atoms with E-state index in [0.717, 1.165) is 18.3 Å². The van der Waals surface area contributed by atoms with Crippen LogP contribution in [0, 0.1) is 0 Å². The van der Waals surface area contributed by atoms with E-state index in [0.29, 0.717) is 38.3 Å². The number of carbonyl (C=O) groups is 2. The van der Waals surface area contributed by atoms with Crippen LogP contribution in [0.4, 0.5) is 19.0 Å². The molecule has 0 saturated carbocycles. The lowest BCUT2D eigenvalue weighted by atomic mass is 10.1. The zero-order chi connectivity index (χ0) is 20.1. The first kappa shape index (κ1) is 19.5. The molecule has 0 aliphatic carbocycles. The van der Waals surface area contributed by atoms with Crippen molar-refractivity contribution < 1.29 is 22.8 Å². The summed E-state index contributed by atoms with van der Waals surface area (Å²) in [4.78, 5) is 38.7. The number of hydrogen-bond acceptors (Lipinski definition) is 7. The molecule has 0 unspecified atom stereocenters. The largest absolute Gasteiger partial charge is 0.433 e. The molecule has 28 heavy (non-hydrogen) atoms. The number of nitrogens with zero attached hydrogens (tertiary/aromatic N) is 5. The van der Waals surface area contributed by atoms with Gasteiger partial charge in [0, 0.05) is 56.5 Å². The molecular formula is C18H16F3N5O2. The standard InChI is InChI=1S/C18H16F3N5O2/c19-18(20,21)14-3-2-13(12-24-14)16(28)15-17(23-5-4-22-15)26-9-7-25(8-10-26)6-1-11-27/h1-6,11-12H,7-10H2. The maximum Gasteiger partial charge on any atom is 0.433 e. The van der Waals surface area contributed by atoms with E-state index in [2.05, 4.69) is 15.0 Å². The number of hydrogen-bond donors (Lipinski definition) is 0. The van der Waals surface area contributed by atoms with E-state index in [1.807, 2.05) is 9.80 Å². The molecule has 0 N–H and O–H groups in total. The first-order valence-electron chi connectivity index (χ1n) is 8.40. The van der Waals surface area contributed by atoms with E-state index < -0.39 is 17.7 Å². The number of rotatable bonds is 5. The van der Waals surface area contributed by atoms with Gasteiger partial charge >= 0.3 is 6.18 Å². The number of allylic oxidation sites excluding steroid dienone is 1. The first-order chi connectivity index (χ1) is 13.4. The van der Waals surface area contributed by atoms with Gasteiger partial charge in [-0.3, -0.25) is 14.6 Å². The average Bonchev–Trinajstić information content (AvgIpc) is 2.71. The molecule has 0 spiro atoms. The molecular weight excluding hydrogens is 375 g/mol. The van der Waals surface area contributed by atoms with E-state index in [-0.39, 0.29) is 11.3 Å². The van der Waals surface area contributed by atoms with Gasteiger partial charge in [0.15, 0.2) is 11.5 Å². The van der Waals surface area contributed by atoms with Crippen LogP contribution >= 0.6 is 0 Å². The number of aromatic nitrogens is 3. The molecule has 0 radical (unpaired) electrons. The monoisotopic (exact) mass is 391 g/mol. The SMILES string of the molecule is O=CC=CN1CCN(c2nccnc2C(=O)c2ccc(C(F)(F)F)nc2)CC1. The van der Waals surface area contributed by atoms with Gasteiger partial charge in [0.05, 0.1) is 0 Å². The van der Waals surface area contributed by atoms with Crippen molar-refractivity contribution in [3.05, 3.63) is 60.0 Å². The van der Waals surface area contributed by atoms with Crippen molar-refractivity contribution in [1.82, 2.24) is 19.9 Å². The molecule has 1 aliphatic rings. The van der Waals surface area contributed by atoms with Crippen LogP contribution in [-0.2, 0) is 11.0 Å². The minimum atomic E-state index is -4.57. The smallest absolute Gasteiger partial charge is 0.374 e. The van der Waals surface area contributed by atoms with Crippen LogP contribution in [0.2, 0.25) is 0 Å². The highest BCUT2D eigenvalue weighted by Crippen LogP contribution is 2.28. The Morgan fingerprint density at radius 1 is 1.04 bits per heavy atom. The van der Waals surface area contributed by atoms with Gasteiger partial charge < -0.3 is 9.80 Å². The molecule has 10 heteroatoms. The van der Waals surface area contributed by atoms with Crippen LogP contribution in [0.5, 0.6) is 0 Å². The Balaban J connectivity index is 1.80. The van der Waals surface area contributed by atoms with Crippen LogP contribution in [0.1, 0.15) is 21.7 Å². The third-order valence-corrected chi connectivity index (χ3v) is 4.20. The molecule has 3 rings (SSSR count). The molecule has 0 atom stereocenters. The minimum absolute atomic E-state index is 0.00213. The maximum absolute atomic E-state index is 12.8. The van der Waals surface area contributed by atoms with E-state index in [1.54, 1.807) is 6.20 Å². The fourth-order valence-corrected chi connectivity index (χ4v) is 2.79. The van der Waals surface area contributed by atoms with Gasteiger partial charge in [-0.15, -0.1) is 0 Å². The summed E-state index contributed by atoms with van der Waals surface area (Å²) >= 11 is 0. The number of carbonyl (C=O) groups excluding carboxylic acids is 2. The molecule has 2 aromatic heterocycles. The van der Waals surface area contributed by atoms with Gasteiger partial charge in [0.25, 0.3) is 0 Å². The van der Waals surface area contributed by atoms with Crippen LogP contribution in [0.3, 0.4) is 0 Å². The highest BCUT2D eigenvalue weighted by molar-refractivity contribution is 6.10. The summed E-state index contributed by atoms with van der Waals surface area (Å²) in [7, 11) is 0. The fourth-order valence-electron chi connectivity index (χ4n) is 2.79. The van der Waals surface area contributed by atoms with Crippen molar-refractivity contribution in [2.45, 2.75) is 6.18 Å². The molecule has 146 valence electrons. The van der Waals surface area contributed by atoms with Crippen molar-refractivity contribution in [2.24, 2.45) is 0 Å². The molecule has 7 nitrogen and oxygen atoms in total. The topological polar surface area (TPSA) is 79.3 Å². The summed E-state index contributed by atoms with van der Waals surface area (Å²) < 4.78 is 38.0. The van der Waals surface area contributed by atoms with E-state index >= 15 is 0 Å². The zero-order valence-corrected chi connectivity index (χ0v) is 14.6. The number of piperazine rings is 1. The summed E-state index contributed by atoms with van der Waals surface area (Å²) in [6.45, 7) is 2.34. The van der Waals surface area contributed by atoms with E-state index in [4.69, 9.17) is 0 Å². The number of alkyl halides is 3. The normalized spacial score (nSPS) is 15.1. The van der Waals surface area contributed by atoms with Crippen LogP contribution < -0.4 is 4.90 Å². The summed E-state index contributed by atoms with van der Waals surface area (Å²) in [5.41, 5.74) is -1.01. The first-order valence-corrected chi connectivity index (χ1v) is 8.40. The second-order valence-electron chi connectivity index (χ2n) is 5.99. The number of anilines is 1. The number of halogens is 3. The molecule has 1 saturated heterocycles. The Morgan fingerprint density at radius 3 is 2.36 bits per heavy atom. The Bertz CT molecular complexity index is 876. The van der Waals surface area contributed by atoms with Gasteiger partial charge in [-0.05, 0) is 18.2 Å². The van der Waals surface area contributed by atoms with E-state index in [9.17, 15) is 22.8 Å². The Labute approximate surface area is 158 Å². The van der Waals surface area contributed by atoms with Crippen molar-refractivity contribution in [3.63, 3.8) is 0 Å². The molecule has 3 heterocycles. The summed E-state index contributed by atoms with van der Waals surface area (Å²) in [6, 6.07) is 1.85. The third-order valence-electron chi connectivity index (χ3n) is 4.20. The van der Waals surface area contributed by atoms with Gasteiger partial charge in [-0.2, -0.15) is 13.2 Å². The Hall–Kier alpha value is -3.30. The Kier molecular flexibility index (Phi) is 5.67. The lowest BCUT2D eigenvalue weighted by Gasteiger charge is -2.35. The fraction of sp³-hybridized carbons (Fsp3) is 0.278. The number of pyridine rings is 1. The molecule has 1 fully saturated rings. The lowest BCUT2D eigenvalue weighted by molar-refractivity contribution is -0.141.